The van der Waals surface area contributed by atoms with Crippen molar-refractivity contribution >= 4 is 27.7 Å². The summed E-state index contributed by atoms with van der Waals surface area (Å²) in [7, 11) is -3.81. The van der Waals surface area contributed by atoms with E-state index in [1.807, 2.05) is 6.07 Å². The van der Waals surface area contributed by atoms with Gasteiger partial charge < -0.3 is 9.64 Å². The largest absolute Gasteiger partial charge is 0.452 e. The fraction of sp³-hybridized carbons (Fsp3) is 0.300. The minimum Gasteiger partial charge on any atom is -0.452 e. The van der Waals surface area contributed by atoms with E-state index in [0.717, 1.165) is 0 Å². The summed E-state index contributed by atoms with van der Waals surface area (Å²) in [5.74, 6) is -1.58. The lowest BCUT2D eigenvalue weighted by Crippen LogP contribution is -2.55. The van der Waals surface area contributed by atoms with E-state index >= 15 is 0 Å². The van der Waals surface area contributed by atoms with Crippen molar-refractivity contribution in [3.05, 3.63) is 58.8 Å². The van der Waals surface area contributed by atoms with Crippen LogP contribution in [0.1, 0.15) is 40.2 Å². The molecule has 0 radical (unpaired) electrons. The zero-order valence-corrected chi connectivity index (χ0v) is 16.8. The Hall–Kier alpha value is -3.45. The fourth-order valence-electron chi connectivity index (χ4n) is 3.48. The van der Waals surface area contributed by atoms with E-state index in [1.54, 1.807) is 42.2 Å². The van der Waals surface area contributed by atoms with E-state index in [-0.39, 0.29) is 30.0 Å². The monoisotopic (exact) mass is 426 g/mol. The summed E-state index contributed by atoms with van der Waals surface area (Å²) in [6.45, 7) is 2.13. The Bertz CT molecular complexity index is 1170. The third kappa shape index (κ3) is 3.71. The van der Waals surface area contributed by atoms with Gasteiger partial charge in [-0.2, -0.15) is 5.26 Å². The van der Waals surface area contributed by atoms with Crippen molar-refractivity contribution in [2.75, 3.05) is 18.0 Å². The number of nitrogens with zero attached hydrogens (tertiary/aromatic N) is 3. The van der Waals surface area contributed by atoms with E-state index in [9.17, 15) is 23.3 Å². The third-order valence-corrected chi connectivity index (χ3v) is 6.27. The van der Waals surface area contributed by atoms with Crippen LogP contribution < -0.4 is 9.62 Å². The number of nitrogens with one attached hydrogen (secondary N) is 1. The molecule has 1 aromatic heterocycles. The first-order chi connectivity index (χ1) is 14.3. The van der Waals surface area contributed by atoms with Crippen LogP contribution in [0.4, 0.5) is 5.82 Å². The van der Waals surface area contributed by atoms with Gasteiger partial charge in [-0.3, -0.25) is 9.52 Å². The number of benzene rings is 1. The van der Waals surface area contributed by atoms with Crippen LogP contribution in [-0.2, 0) is 25.3 Å². The standard InChI is InChI=1S/C20H18N4O5S/c1-12-17-16(20(26)29-12)7-14(8-21)18(22-17)24-9-15(10-24)19(25)23-30(27,28)11-13-5-3-2-4-6-13/h2-7,12,15H,9-11H2,1H3,(H,23,25). The summed E-state index contributed by atoms with van der Waals surface area (Å²) < 4.78 is 31.7. The van der Waals surface area contributed by atoms with Crippen LogP contribution in [0.25, 0.3) is 0 Å². The molecule has 2 aromatic rings. The molecule has 1 amide bonds. The second-order valence-electron chi connectivity index (χ2n) is 7.26. The van der Waals surface area contributed by atoms with Gasteiger partial charge in [0.15, 0.2) is 0 Å². The van der Waals surface area contributed by atoms with Gasteiger partial charge in [-0.1, -0.05) is 30.3 Å². The smallest absolute Gasteiger partial charge is 0.340 e. The molecule has 154 valence electrons. The summed E-state index contributed by atoms with van der Waals surface area (Å²) in [5.41, 5.74) is 1.51. The van der Waals surface area contributed by atoms with E-state index in [1.165, 1.54) is 6.07 Å². The minimum atomic E-state index is -3.81. The van der Waals surface area contributed by atoms with Crippen molar-refractivity contribution < 1.29 is 22.7 Å². The average molecular weight is 426 g/mol. The van der Waals surface area contributed by atoms with Gasteiger partial charge >= 0.3 is 5.97 Å². The fourth-order valence-corrected chi connectivity index (χ4v) is 4.65. The Labute approximate surface area is 173 Å². The van der Waals surface area contributed by atoms with Gasteiger partial charge in [0.25, 0.3) is 0 Å². The number of sulfonamides is 1. The molecule has 2 aliphatic rings. The zero-order valence-electron chi connectivity index (χ0n) is 16.0. The van der Waals surface area contributed by atoms with Crippen LogP contribution in [0.5, 0.6) is 0 Å². The molecular formula is C20H18N4O5S. The second kappa shape index (κ2) is 7.42. The molecule has 0 aliphatic carbocycles. The lowest BCUT2D eigenvalue weighted by molar-refractivity contribution is -0.123. The number of nitriles is 1. The topological polar surface area (TPSA) is 129 Å². The first-order valence-corrected chi connectivity index (χ1v) is 10.9. The van der Waals surface area contributed by atoms with Gasteiger partial charge in [0.1, 0.15) is 18.0 Å². The molecule has 1 unspecified atom stereocenters. The number of anilines is 1. The number of pyridine rings is 1. The molecular weight excluding hydrogens is 408 g/mol. The van der Waals surface area contributed by atoms with Gasteiger partial charge in [-0.25, -0.2) is 18.2 Å². The molecule has 1 atom stereocenters. The predicted octanol–water partition coefficient (Wildman–Crippen LogP) is 1.27. The molecule has 1 fully saturated rings. The van der Waals surface area contributed by atoms with Gasteiger partial charge in [0.05, 0.1) is 28.5 Å². The van der Waals surface area contributed by atoms with Crippen LogP contribution in [0.15, 0.2) is 36.4 Å². The lowest BCUT2D eigenvalue weighted by Gasteiger charge is -2.39. The molecule has 3 heterocycles. The Morgan fingerprint density at radius 1 is 1.33 bits per heavy atom. The number of carbonyl (C=O) groups is 2. The molecule has 1 N–H and O–H groups in total. The van der Waals surface area contributed by atoms with Crippen molar-refractivity contribution in [1.82, 2.24) is 9.71 Å². The highest BCUT2D eigenvalue weighted by molar-refractivity contribution is 7.89. The number of ether oxygens (including phenoxy) is 1. The second-order valence-corrected chi connectivity index (χ2v) is 8.99. The van der Waals surface area contributed by atoms with Crippen LogP contribution in [-0.4, -0.2) is 38.4 Å². The molecule has 1 aromatic carbocycles. The molecule has 2 aliphatic heterocycles. The molecule has 0 bridgehead atoms. The zero-order chi connectivity index (χ0) is 21.5. The van der Waals surface area contributed by atoms with E-state index in [4.69, 9.17) is 4.74 Å². The normalized spacial score (nSPS) is 18.2. The quantitative estimate of drug-likeness (QED) is 0.708. The SMILES string of the molecule is CC1OC(=O)c2cc(C#N)c(N3CC(C(=O)NS(=O)(=O)Cc4ccccc4)C3)nc21. The van der Waals surface area contributed by atoms with E-state index in [0.29, 0.717) is 17.1 Å². The van der Waals surface area contributed by atoms with Crippen molar-refractivity contribution in [3.8, 4) is 6.07 Å². The third-order valence-electron chi connectivity index (χ3n) is 5.05. The summed E-state index contributed by atoms with van der Waals surface area (Å²) in [6.07, 6.45) is -0.512. The Morgan fingerprint density at radius 3 is 2.70 bits per heavy atom. The van der Waals surface area contributed by atoms with Crippen molar-refractivity contribution in [3.63, 3.8) is 0 Å². The summed E-state index contributed by atoms with van der Waals surface area (Å²) in [6, 6.07) is 12.0. The van der Waals surface area contributed by atoms with Crippen LogP contribution in [0.2, 0.25) is 0 Å². The Kier molecular flexibility index (Phi) is 4.91. The number of amides is 1. The predicted molar refractivity (Wildman–Crippen MR) is 106 cm³/mol. The first-order valence-electron chi connectivity index (χ1n) is 9.26. The molecule has 30 heavy (non-hydrogen) atoms. The van der Waals surface area contributed by atoms with Gasteiger partial charge in [0.2, 0.25) is 15.9 Å². The van der Waals surface area contributed by atoms with Crippen LogP contribution >= 0.6 is 0 Å². The number of hydrogen-bond acceptors (Lipinski definition) is 8. The molecule has 0 saturated carbocycles. The number of rotatable bonds is 5. The number of fused-ring (bicyclic) bond motifs is 1. The van der Waals surface area contributed by atoms with Gasteiger partial charge in [0, 0.05) is 13.1 Å². The highest BCUT2D eigenvalue weighted by atomic mass is 32.2. The number of carbonyl (C=O) groups excluding carboxylic acids is 2. The first kappa shape index (κ1) is 19.8. The molecule has 1 saturated heterocycles. The highest BCUT2D eigenvalue weighted by Crippen LogP contribution is 2.34. The number of esters is 1. The molecule has 0 spiro atoms. The van der Waals surface area contributed by atoms with Crippen LogP contribution in [0, 0.1) is 17.2 Å². The van der Waals surface area contributed by atoms with Gasteiger partial charge in [-0.15, -0.1) is 0 Å². The average Bonchev–Trinajstić information content (AvgIpc) is 2.93. The molecule has 4 rings (SSSR count). The molecule has 10 heteroatoms. The van der Waals surface area contributed by atoms with Gasteiger partial charge in [-0.05, 0) is 18.6 Å². The maximum Gasteiger partial charge on any atom is 0.340 e. The maximum absolute atomic E-state index is 12.4. The number of aromatic nitrogens is 1. The van der Waals surface area contributed by atoms with E-state index in [2.05, 4.69) is 9.71 Å². The highest BCUT2D eigenvalue weighted by Gasteiger charge is 2.38. The summed E-state index contributed by atoms with van der Waals surface area (Å²) >= 11 is 0. The van der Waals surface area contributed by atoms with Crippen molar-refractivity contribution in [2.45, 2.75) is 18.8 Å². The van der Waals surface area contributed by atoms with Crippen molar-refractivity contribution in [2.24, 2.45) is 5.92 Å². The lowest BCUT2D eigenvalue weighted by atomic mass is 9.98. The van der Waals surface area contributed by atoms with Crippen LogP contribution in [0.3, 0.4) is 0 Å². The molecule has 9 nitrogen and oxygen atoms in total. The number of hydrogen-bond donors (Lipinski definition) is 1. The van der Waals surface area contributed by atoms with Crippen molar-refractivity contribution in [1.29, 1.82) is 5.26 Å². The Morgan fingerprint density at radius 2 is 2.03 bits per heavy atom. The summed E-state index contributed by atoms with van der Waals surface area (Å²) in [4.78, 5) is 30.3. The summed E-state index contributed by atoms with van der Waals surface area (Å²) in [5, 5.41) is 9.41. The van der Waals surface area contributed by atoms with E-state index < -0.39 is 33.9 Å². The number of cyclic esters (lactones) is 1. The minimum absolute atomic E-state index is 0.204. The maximum atomic E-state index is 12.4. The Balaban J connectivity index is 1.43.